The molecule has 11 heteroatoms. The van der Waals surface area contributed by atoms with E-state index in [1.54, 1.807) is 17.0 Å². The van der Waals surface area contributed by atoms with E-state index in [-0.39, 0.29) is 36.4 Å². The summed E-state index contributed by atoms with van der Waals surface area (Å²) >= 11 is 0. The number of nitrogens with zero attached hydrogens (tertiary/aromatic N) is 2. The second-order valence-corrected chi connectivity index (χ2v) is 16.6. The van der Waals surface area contributed by atoms with Crippen LogP contribution < -0.4 is 15.2 Å². The summed E-state index contributed by atoms with van der Waals surface area (Å²) in [4.78, 5) is 21.4. The maximum Gasteiger partial charge on any atom is 0.236 e. The largest absolute Gasteiger partial charge is 0.504 e. The number of aliphatic hydroxyl groups is 2. The van der Waals surface area contributed by atoms with Crippen molar-refractivity contribution in [1.29, 1.82) is 0 Å². The number of amides is 1. The summed E-state index contributed by atoms with van der Waals surface area (Å²) in [6.07, 6.45) is 4.18. The summed E-state index contributed by atoms with van der Waals surface area (Å²) in [5.74, 6) is 1.51. The van der Waals surface area contributed by atoms with E-state index in [0.29, 0.717) is 56.1 Å². The van der Waals surface area contributed by atoms with Gasteiger partial charge < -0.3 is 45.5 Å². The monoisotopic (exact) mass is 664 g/mol. The van der Waals surface area contributed by atoms with Crippen molar-refractivity contribution in [3.8, 4) is 23.0 Å². The second kappa shape index (κ2) is 8.39. The van der Waals surface area contributed by atoms with Gasteiger partial charge in [-0.05, 0) is 85.4 Å². The van der Waals surface area contributed by atoms with Gasteiger partial charge in [0.1, 0.15) is 5.60 Å². The molecule has 7 N–H and O–H groups in total. The van der Waals surface area contributed by atoms with Gasteiger partial charge in [-0.25, -0.2) is 0 Å². The normalized spacial score (nSPS) is 39.4. The van der Waals surface area contributed by atoms with Gasteiger partial charge in [0.15, 0.2) is 35.2 Å². The van der Waals surface area contributed by atoms with Crippen molar-refractivity contribution in [2.45, 2.75) is 97.7 Å². The van der Waals surface area contributed by atoms with Crippen LogP contribution in [-0.4, -0.2) is 90.6 Å². The summed E-state index contributed by atoms with van der Waals surface area (Å²) in [6.45, 7) is 2.12. The standard InChI is InChI=1S/C38H40N4O7/c39-15-26(45)42-10-8-36-28-19-4-6-23(44)32(28)49-34(36)30-21(14-38(36,47)25(42)12-19)20-13-37(46)24-11-18-3-5-22(43)31-27(18)35(37,33(48-31)29(20)40-30)7-9-41(24)16-17-1-2-17/h3-6,17,24-25,33-34,40,43-44,46-47H,1-2,7-16,39H2/t24-,25+,33+,34+,35+,36+,37-,38-/m1/s1. The number of phenols is 2. The van der Waals surface area contributed by atoms with E-state index in [9.17, 15) is 25.2 Å². The van der Waals surface area contributed by atoms with Crippen LogP contribution in [-0.2, 0) is 41.3 Å². The van der Waals surface area contributed by atoms with Gasteiger partial charge in [-0.2, -0.15) is 0 Å². The summed E-state index contributed by atoms with van der Waals surface area (Å²) in [5.41, 5.74) is 9.20. The summed E-state index contributed by atoms with van der Waals surface area (Å²) < 4.78 is 13.7. The fraction of sp³-hybridized carbons (Fsp3) is 0.553. The Kier molecular flexibility index (Phi) is 4.79. The van der Waals surface area contributed by atoms with E-state index in [2.05, 4.69) is 9.88 Å². The molecule has 0 radical (unpaired) electrons. The number of aromatic nitrogens is 1. The molecule has 9 aliphatic rings. The van der Waals surface area contributed by atoms with Crippen molar-refractivity contribution >= 4 is 5.91 Å². The van der Waals surface area contributed by atoms with Crippen molar-refractivity contribution in [1.82, 2.24) is 14.8 Å². The van der Waals surface area contributed by atoms with E-state index in [4.69, 9.17) is 15.2 Å². The number of ether oxygens (including phenoxy) is 2. The molecule has 3 fully saturated rings. The van der Waals surface area contributed by atoms with Crippen LogP contribution in [0.4, 0.5) is 0 Å². The molecule has 2 saturated heterocycles. The van der Waals surface area contributed by atoms with Crippen LogP contribution >= 0.6 is 0 Å². The molecule has 1 aromatic heterocycles. The van der Waals surface area contributed by atoms with Gasteiger partial charge in [0.25, 0.3) is 0 Å². The molecule has 8 atom stereocenters. The zero-order chi connectivity index (χ0) is 33.0. The van der Waals surface area contributed by atoms with Gasteiger partial charge in [0, 0.05) is 43.1 Å². The molecule has 0 unspecified atom stereocenters. The Morgan fingerprint density at radius 3 is 1.96 bits per heavy atom. The molecule has 1 saturated carbocycles. The maximum absolute atomic E-state index is 13.4. The first-order chi connectivity index (χ1) is 23.6. The number of nitrogens with one attached hydrogen (secondary N) is 1. The SMILES string of the molecule is NCC(=O)N1CC[C@]23c4c5ccc(O)c4O[C@H]2c2[nH]c4c(c2C[C@@]3(O)[C@@H]1C5)C[C@@]1(O)[C@H]2Cc3ccc(O)c5c3[C@@]1(CCN2CC1CC1)[C@H]4O5. The van der Waals surface area contributed by atoms with Crippen LogP contribution in [0.3, 0.4) is 0 Å². The van der Waals surface area contributed by atoms with Crippen molar-refractivity contribution in [3.63, 3.8) is 0 Å². The van der Waals surface area contributed by atoms with Crippen molar-refractivity contribution in [3.05, 3.63) is 69.0 Å². The summed E-state index contributed by atoms with van der Waals surface area (Å²) in [5, 5.41) is 49.1. The zero-order valence-electron chi connectivity index (χ0n) is 27.2. The molecule has 49 heavy (non-hydrogen) atoms. The topological polar surface area (TPSA) is 165 Å². The molecule has 4 aliphatic heterocycles. The van der Waals surface area contributed by atoms with Crippen LogP contribution in [0.15, 0.2) is 24.3 Å². The number of carbonyl (C=O) groups is 1. The molecule has 5 aliphatic carbocycles. The number of nitrogens with two attached hydrogens (primary N) is 1. The van der Waals surface area contributed by atoms with E-state index in [1.165, 1.54) is 12.8 Å². The Morgan fingerprint density at radius 2 is 1.39 bits per heavy atom. The third kappa shape index (κ3) is 2.82. The average Bonchev–Trinajstić information content (AvgIpc) is 3.58. The lowest BCUT2D eigenvalue weighted by Crippen LogP contribution is -2.75. The van der Waals surface area contributed by atoms with E-state index in [1.807, 2.05) is 12.1 Å². The number of carbonyl (C=O) groups excluding carboxylic acids is 1. The fourth-order valence-corrected chi connectivity index (χ4v) is 12.8. The maximum atomic E-state index is 13.4. The van der Waals surface area contributed by atoms with Crippen LogP contribution in [0.1, 0.15) is 82.7 Å². The lowest BCUT2D eigenvalue weighted by Gasteiger charge is -2.63. The third-order valence-electron chi connectivity index (χ3n) is 14.9. The lowest BCUT2D eigenvalue weighted by atomic mass is 9.47. The number of aromatic hydroxyl groups is 2. The highest BCUT2D eigenvalue weighted by atomic mass is 16.5. The molecule has 12 rings (SSSR count). The van der Waals surface area contributed by atoms with Gasteiger partial charge in [-0.1, -0.05) is 12.1 Å². The summed E-state index contributed by atoms with van der Waals surface area (Å²) in [7, 11) is 0. The average molecular weight is 665 g/mol. The van der Waals surface area contributed by atoms with Crippen LogP contribution in [0.2, 0.25) is 0 Å². The zero-order valence-corrected chi connectivity index (χ0v) is 27.2. The first kappa shape index (κ1) is 28.0. The van der Waals surface area contributed by atoms with Gasteiger partial charge in [0.05, 0.1) is 40.4 Å². The van der Waals surface area contributed by atoms with E-state index in [0.717, 1.165) is 57.9 Å². The highest BCUT2D eigenvalue weighted by Crippen LogP contribution is 2.72. The number of hydrogen-bond acceptors (Lipinski definition) is 9. The van der Waals surface area contributed by atoms with Gasteiger partial charge in [-0.3, -0.25) is 9.69 Å². The Balaban J connectivity index is 1.09. The molecular formula is C38H40N4O7. The molecule has 2 spiro atoms. The lowest BCUT2D eigenvalue weighted by molar-refractivity contribution is -0.182. The predicted octanol–water partition coefficient (Wildman–Crippen LogP) is 1.90. The minimum absolute atomic E-state index is 0.0445. The quantitative estimate of drug-likeness (QED) is 0.245. The Labute approximate surface area is 282 Å². The van der Waals surface area contributed by atoms with E-state index >= 15 is 0 Å². The molecule has 254 valence electrons. The third-order valence-corrected chi connectivity index (χ3v) is 14.9. The van der Waals surface area contributed by atoms with E-state index < -0.39 is 40.3 Å². The fourth-order valence-electron chi connectivity index (χ4n) is 12.8. The number of fused-ring (bicyclic) bond motifs is 5. The van der Waals surface area contributed by atoms with Gasteiger partial charge >= 0.3 is 0 Å². The Hall–Kier alpha value is -3.77. The highest BCUT2D eigenvalue weighted by Gasteiger charge is 2.76. The van der Waals surface area contributed by atoms with Crippen LogP contribution in [0.25, 0.3) is 0 Å². The molecule has 4 bridgehead atoms. The number of hydrogen-bond donors (Lipinski definition) is 6. The Morgan fingerprint density at radius 1 is 0.837 bits per heavy atom. The smallest absolute Gasteiger partial charge is 0.236 e. The van der Waals surface area contributed by atoms with Gasteiger partial charge in [-0.15, -0.1) is 0 Å². The number of H-pyrrole nitrogens is 1. The highest BCUT2D eigenvalue weighted by molar-refractivity contribution is 5.80. The number of likely N-dealkylation sites (tertiary alicyclic amines) is 2. The number of benzene rings is 2. The molecule has 1 amide bonds. The van der Waals surface area contributed by atoms with Crippen LogP contribution in [0, 0.1) is 5.92 Å². The first-order valence-corrected chi connectivity index (χ1v) is 18.1. The van der Waals surface area contributed by atoms with Crippen molar-refractivity contribution in [2.24, 2.45) is 11.7 Å². The predicted molar refractivity (Wildman–Crippen MR) is 174 cm³/mol. The first-order valence-electron chi connectivity index (χ1n) is 18.1. The second-order valence-electron chi connectivity index (χ2n) is 16.6. The van der Waals surface area contributed by atoms with Crippen LogP contribution in [0.5, 0.6) is 23.0 Å². The molecule has 3 aromatic rings. The van der Waals surface area contributed by atoms with Crippen molar-refractivity contribution in [2.75, 3.05) is 26.2 Å². The number of rotatable bonds is 3. The minimum atomic E-state index is -1.40. The molecule has 11 nitrogen and oxygen atoms in total. The number of piperidine rings is 2. The van der Waals surface area contributed by atoms with Gasteiger partial charge in [0.2, 0.25) is 5.91 Å². The number of aromatic amines is 1. The molecule has 5 heterocycles. The minimum Gasteiger partial charge on any atom is -0.504 e. The number of phenolic OH excluding ortho intramolecular Hbond substituents is 2. The summed E-state index contributed by atoms with van der Waals surface area (Å²) in [6, 6.07) is 6.66. The van der Waals surface area contributed by atoms with Crippen molar-refractivity contribution < 1.29 is 34.7 Å². The Bertz CT molecular complexity index is 2080. The molecule has 2 aromatic carbocycles. The molecular weight excluding hydrogens is 624 g/mol.